The minimum absolute atomic E-state index is 0.459. The molecule has 0 aliphatic heterocycles. The van der Waals surface area contributed by atoms with Gasteiger partial charge in [0.05, 0.1) is 6.61 Å². The van der Waals surface area contributed by atoms with E-state index in [0.29, 0.717) is 18.2 Å². The summed E-state index contributed by atoms with van der Waals surface area (Å²) in [6.07, 6.45) is 4.89. The molecular weight excluding hydrogens is 224 g/mol. The number of rotatable bonds is 6. The Hall–Kier alpha value is -2.03. The van der Waals surface area contributed by atoms with Gasteiger partial charge >= 0.3 is 0 Å². The van der Waals surface area contributed by atoms with E-state index in [4.69, 9.17) is 10.5 Å². The largest absolute Gasteiger partial charge is 0.490 e. The highest BCUT2D eigenvalue weighted by molar-refractivity contribution is 5.44. The Morgan fingerprint density at radius 3 is 2.61 bits per heavy atom. The molecule has 0 radical (unpaired) electrons. The normalized spacial score (nSPS) is 10.2. The zero-order valence-electron chi connectivity index (χ0n) is 10.4. The average molecular weight is 242 g/mol. The average Bonchev–Trinajstić information content (AvgIpc) is 2.42. The van der Waals surface area contributed by atoms with Gasteiger partial charge in [-0.15, -0.1) is 0 Å². The van der Waals surface area contributed by atoms with Crippen molar-refractivity contribution in [2.75, 3.05) is 12.3 Å². The Morgan fingerprint density at radius 1 is 1.00 bits per heavy atom. The van der Waals surface area contributed by atoms with Gasteiger partial charge in [-0.05, 0) is 37.0 Å². The maximum absolute atomic E-state index is 5.69. The Balaban J connectivity index is 1.66. The summed E-state index contributed by atoms with van der Waals surface area (Å²) in [5.74, 6) is 1.14. The van der Waals surface area contributed by atoms with Crippen LogP contribution in [0.2, 0.25) is 0 Å². The standard InChI is InChI=1S/C15H18N2O/c16-15-14(10-6-11-17-15)18-12-5-4-9-13-7-2-1-3-8-13/h1-3,6-8,10-11H,4-5,9,12H2,(H2,16,17). The number of nitrogen functional groups attached to an aromatic ring is 1. The van der Waals surface area contributed by atoms with E-state index < -0.39 is 0 Å². The molecule has 0 aliphatic carbocycles. The van der Waals surface area contributed by atoms with Crippen LogP contribution >= 0.6 is 0 Å². The lowest BCUT2D eigenvalue weighted by atomic mass is 10.1. The number of nitrogens with two attached hydrogens (primary N) is 1. The predicted octanol–water partition coefficient (Wildman–Crippen LogP) is 3.07. The fraction of sp³-hybridized carbons (Fsp3) is 0.267. The van der Waals surface area contributed by atoms with E-state index in [1.54, 1.807) is 6.20 Å². The van der Waals surface area contributed by atoms with Gasteiger partial charge in [0.15, 0.2) is 11.6 Å². The minimum Gasteiger partial charge on any atom is -0.490 e. The van der Waals surface area contributed by atoms with Crippen molar-refractivity contribution in [1.29, 1.82) is 0 Å². The molecule has 2 aromatic rings. The SMILES string of the molecule is Nc1ncccc1OCCCCc1ccccc1. The molecule has 0 unspecified atom stereocenters. The summed E-state index contributed by atoms with van der Waals surface area (Å²) in [6.45, 7) is 0.683. The molecule has 1 aromatic heterocycles. The highest BCUT2D eigenvalue weighted by Gasteiger charge is 1.99. The molecular formula is C15H18N2O. The summed E-state index contributed by atoms with van der Waals surface area (Å²) in [4.78, 5) is 3.98. The Morgan fingerprint density at radius 2 is 1.83 bits per heavy atom. The van der Waals surface area contributed by atoms with Gasteiger partial charge < -0.3 is 10.5 Å². The Kier molecular flexibility index (Phi) is 4.59. The smallest absolute Gasteiger partial charge is 0.166 e. The molecule has 1 heterocycles. The molecule has 1 aromatic carbocycles. The second kappa shape index (κ2) is 6.64. The quantitative estimate of drug-likeness (QED) is 0.792. The first-order valence-corrected chi connectivity index (χ1v) is 6.23. The second-order valence-electron chi connectivity index (χ2n) is 4.18. The molecule has 0 spiro atoms. The topological polar surface area (TPSA) is 48.1 Å². The lowest BCUT2D eigenvalue weighted by Crippen LogP contribution is -2.02. The van der Waals surface area contributed by atoms with Gasteiger partial charge in [-0.2, -0.15) is 0 Å². The van der Waals surface area contributed by atoms with Crippen LogP contribution < -0.4 is 10.5 Å². The molecule has 18 heavy (non-hydrogen) atoms. The second-order valence-corrected chi connectivity index (χ2v) is 4.18. The van der Waals surface area contributed by atoms with E-state index in [1.165, 1.54) is 5.56 Å². The van der Waals surface area contributed by atoms with E-state index in [9.17, 15) is 0 Å². The zero-order valence-corrected chi connectivity index (χ0v) is 10.4. The molecule has 3 nitrogen and oxygen atoms in total. The van der Waals surface area contributed by atoms with Crippen LogP contribution in [-0.2, 0) is 6.42 Å². The third kappa shape index (κ3) is 3.77. The van der Waals surface area contributed by atoms with Crippen LogP contribution in [0.15, 0.2) is 48.7 Å². The van der Waals surface area contributed by atoms with Crippen molar-refractivity contribution in [3.05, 3.63) is 54.2 Å². The molecule has 2 N–H and O–H groups in total. The first-order valence-electron chi connectivity index (χ1n) is 6.23. The van der Waals surface area contributed by atoms with Crippen molar-refractivity contribution in [1.82, 2.24) is 4.98 Å². The lowest BCUT2D eigenvalue weighted by Gasteiger charge is -2.07. The van der Waals surface area contributed by atoms with Gasteiger partial charge in [-0.25, -0.2) is 4.98 Å². The molecule has 0 bridgehead atoms. The van der Waals surface area contributed by atoms with Gasteiger partial charge in [0.2, 0.25) is 0 Å². The monoisotopic (exact) mass is 242 g/mol. The molecule has 3 heteroatoms. The molecule has 2 rings (SSSR count). The van der Waals surface area contributed by atoms with E-state index in [-0.39, 0.29) is 0 Å². The molecule has 0 aliphatic rings. The third-order valence-corrected chi connectivity index (χ3v) is 2.76. The number of hydrogen-bond donors (Lipinski definition) is 1. The number of nitrogens with zero attached hydrogens (tertiary/aromatic N) is 1. The van der Waals surface area contributed by atoms with Crippen LogP contribution in [0, 0.1) is 0 Å². The van der Waals surface area contributed by atoms with Crippen LogP contribution in [-0.4, -0.2) is 11.6 Å². The highest BCUT2D eigenvalue weighted by Crippen LogP contribution is 2.17. The van der Waals surface area contributed by atoms with Crippen LogP contribution in [0.3, 0.4) is 0 Å². The van der Waals surface area contributed by atoms with E-state index in [1.807, 2.05) is 18.2 Å². The number of aryl methyl sites for hydroxylation is 1. The zero-order chi connectivity index (χ0) is 12.6. The molecule has 0 atom stereocenters. The summed E-state index contributed by atoms with van der Waals surface area (Å²) in [5, 5.41) is 0. The summed E-state index contributed by atoms with van der Waals surface area (Å²) in [5.41, 5.74) is 7.06. The fourth-order valence-electron chi connectivity index (χ4n) is 1.78. The minimum atomic E-state index is 0.459. The summed E-state index contributed by atoms with van der Waals surface area (Å²) in [7, 11) is 0. The van der Waals surface area contributed by atoms with Gasteiger partial charge in [0, 0.05) is 6.20 Å². The van der Waals surface area contributed by atoms with E-state index >= 15 is 0 Å². The number of hydrogen-bond acceptors (Lipinski definition) is 3. The van der Waals surface area contributed by atoms with Gasteiger partial charge in [-0.1, -0.05) is 30.3 Å². The van der Waals surface area contributed by atoms with Crippen LogP contribution in [0.25, 0.3) is 0 Å². The van der Waals surface area contributed by atoms with Crippen molar-refractivity contribution in [3.63, 3.8) is 0 Å². The molecule has 0 amide bonds. The number of benzene rings is 1. The van der Waals surface area contributed by atoms with Crippen molar-refractivity contribution >= 4 is 5.82 Å². The Labute approximate surface area is 108 Å². The fourth-order valence-corrected chi connectivity index (χ4v) is 1.78. The maximum Gasteiger partial charge on any atom is 0.166 e. The number of anilines is 1. The molecule has 94 valence electrons. The van der Waals surface area contributed by atoms with Crippen molar-refractivity contribution in [3.8, 4) is 5.75 Å². The van der Waals surface area contributed by atoms with Gasteiger partial charge in [-0.3, -0.25) is 0 Å². The van der Waals surface area contributed by atoms with Crippen molar-refractivity contribution in [2.24, 2.45) is 0 Å². The number of ether oxygens (including phenoxy) is 1. The van der Waals surface area contributed by atoms with E-state index in [0.717, 1.165) is 19.3 Å². The van der Waals surface area contributed by atoms with Crippen LogP contribution in [0.5, 0.6) is 5.75 Å². The molecule has 0 saturated heterocycles. The highest BCUT2D eigenvalue weighted by atomic mass is 16.5. The van der Waals surface area contributed by atoms with E-state index in [2.05, 4.69) is 29.2 Å². The number of unbranched alkanes of at least 4 members (excludes halogenated alkanes) is 1. The van der Waals surface area contributed by atoms with Crippen LogP contribution in [0.4, 0.5) is 5.82 Å². The summed E-state index contributed by atoms with van der Waals surface area (Å²) in [6, 6.07) is 14.2. The summed E-state index contributed by atoms with van der Waals surface area (Å²) >= 11 is 0. The number of aromatic nitrogens is 1. The maximum atomic E-state index is 5.69. The van der Waals surface area contributed by atoms with Crippen molar-refractivity contribution < 1.29 is 4.74 Å². The van der Waals surface area contributed by atoms with Crippen LogP contribution in [0.1, 0.15) is 18.4 Å². The predicted molar refractivity (Wildman–Crippen MR) is 73.5 cm³/mol. The summed E-state index contributed by atoms with van der Waals surface area (Å²) < 4.78 is 5.59. The lowest BCUT2D eigenvalue weighted by molar-refractivity contribution is 0.307. The third-order valence-electron chi connectivity index (χ3n) is 2.76. The number of pyridine rings is 1. The Bertz CT molecular complexity index is 471. The molecule has 0 fully saturated rings. The van der Waals surface area contributed by atoms with Gasteiger partial charge in [0.1, 0.15) is 0 Å². The van der Waals surface area contributed by atoms with Crippen molar-refractivity contribution in [2.45, 2.75) is 19.3 Å². The molecule has 0 saturated carbocycles. The first-order chi connectivity index (χ1) is 8.86. The first kappa shape index (κ1) is 12.4. The van der Waals surface area contributed by atoms with Gasteiger partial charge in [0.25, 0.3) is 0 Å².